The molecule has 0 aliphatic carbocycles. The lowest BCUT2D eigenvalue weighted by molar-refractivity contribution is -0.138. The van der Waals surface area contributed by atoms with Gasteiger partial charge in [-0.15, -0.1) is 0 Å². The lowest BCUT2D eigenvalue weighted by Crippen LogP contribution is -2.32. The summed E-state index contributed by atoms with van der Waals surface area (Å²) in [6.07, 6.45) is 0. The standard InChI is InChI=1S/C13H17F2NO2/c1-9(2)6-16(8-13(17)18)7-10-3-4-11(14)5-12(10)15/h3-5,9H,6-8H2,1-2H3,(H,17,18). The number of hydrogen-bond acceptors (Lipinski definition) is 2. The second-order valence-corrected chi connectivity index (χ2v) is 4.69. The molecule has 0 spiro atoms. The Hall–Kier alpha value is -1.49. The van der Waals surface area contributed by atoms with Gasteiger partial charge in [-0.2, -0.15) is 0 Å². The van der Waals surface area contributed by atoms with Crippen molar-refractivity contribution in [3.63, 3.8) is 0 Å². The van der Waals surface area contributed by atoms with Crippen molar-refractivity contribution in [1.29, 1.82) is 0 Å². The van der Waals surface area contributed by atoms with Crippen LogP contribution in [0.4, 0.5) is 8.78 Å². The molecule has 0 unspecified atom stereocenters. The minimum atomic E-state index is -0.960. The van der Waals surface area contributed by atoms with Gasteiger partial charge in [0.15, 0.2) is 0 Å². The predicted octanol–water partition coefficient (Wildman–Crippen LogP) is 2.51. The Labute approximate surface area is 105 Å². The molecule has 1 aromatic carbocycles. The van der Waals surface area contributed by atoms with Crippen molar-refractivity contribution in [3.8, 4) is 0 Å². The van der Waals surface area contributed by atoms with Crippen LogP contribution >= 0.6 is 0 Å². The normalized spacial score (nSPS) is 11.2. The lowest BCUT2D eigenvalue weighted by atomic mass is 10.1. The molecule has 3 nitrogen and oxygen atoms in total. The average Bonchev–Trinajstić information content (AvgIpc) is 2.20. The van der Waals surface area contributed by atoms with Crippen molar-refractivity contribution in [2.45, 2.75) is 20.4 Å². The van der Waals surface area contributed by atoms with Gasteiger partial charge < -0.3 is 5.11 Å². The highest BCUT2D eigenvalue weighted by Crippen LogP contribution is 2.13. The fourth-order valence-electron chi connectivity index (χ4n) is 1.78. The Morgan fingerprint density at radius 2 is 2.06 bits per heavy atom. The zero-order valence-electron chi connectivity index (χ0n) is 10.5. The van der Waals surface area contributed by atoms with E-state index in [1.165, 1.54) is 12.1 Å². The molecule has 18 heavy (non-hydrogen) atoms. The van der Waals surface area contributed by atoms with E-state index in [2.05, 4.69) is 0 Å². The van der Waals surface area contributed by atoms with E-state index in [0.717, 1.165) is 6.07 Å². The molecule has 1 rings (SSSR count). The summed E-state index contributed by atoms with van der Waals surface area (Å²) in [6.45, 7) is 4.46. The minimum absolute atomic E-state index is 0.158. The largest absolute Gasteiger partial charge is 0.480 e. The van der Waals surface area contributed by atoms with Crippen LogP contribution in [0, 0.1) is 17.6 Å². The van der Waals surface area contributed by atoms with E-state index in [1.807, 2.05) is 13.8 Å². The number of benzene rings is 1. The van der Waals surface area contributed by atoms with Crippen molar-refractivity contribution in [1.82, 2.24) is 4.90 Å². The molecule has 0 saturated heterocycles. The van der Waals surface area contributed by atoms with Gasteiger partial charge in [0.2, 0.25) is 0 Å². The van der Waals surface area contributed by atoms with Gasteiger partial charge in [0.05, 0.1) is 6.54 Å². The molecule has 1 aromatic rings. The van der Waals surface area contributed by atoms with Crippen molar-refractivity contribution in [2.75, 3.05) is 13.1 Å². The molecule has 0 aliphatic rings. The molecule has 1 N–H and O–H groups in total. The Morgan fingerprint density at radius 3 is 2.56 bits per heavy atom. The van der Waals surface area contributed by atoms with Crippen molar-refractivity contribution < 1.29 is 18.7 Å². The molecule has 0 saturated carbocycles. The molecule has 0 aliphatic heterocycles. The SMILES string of the molecule is CC(C)CN(CC(=O)O)Cc1ccc(F)cc1F. The summed E-state index contributed by atoms with van der Waals surface area (Å²) in [6, 6.07) is 3.33. The molecule has 0 radical (unpaired) electrons. The summed E-state index contributed by atoms with van der Waals surface area (Å²) in [5.41, 5.74) is 0.304. The summed E-state index contributed by atoms with van der Waals surface area (Å²) in [5.74, 6) is -1.97. The van der Waals surface area contributed by atoms with Crippen LogP contribution in [0.2, 0.25) is 0 Å². The van der Waals surface area contributed by atoms with Crippen molar-refractivity contribution in [2.24, 2.45) is 5.92 Å². The third-order valence-corrected chi connectivity index (χ3v) is 2.39. The highest BCUT2D eigenvalue weighted by Gasteiger charge is 2.14. The Bertz CT molecular complexity index is 421. The van der Waals surface area contributed by atoms with Crippen LogP contribution in [0.5, 0.6) is 0 Å². The maximum atomic E-state index is 13.5. The quantitative estimate of drug-likeness (QED) is 0.851. The zero-order valence-corrected chi connectivity index (χ0v) is 10.5. The summed E-state index contributed by atoms with van der Waals surface area (Å²) >= 11 is 0. The number of carboxylic acid groups (broad SMARTS) is 1. The number of rotatable bonds is 6. The minimum Gasteiger partial charge on any atom is -0.480 e. The molecule has 0 fully saturated rings. The average molecular weight is 257 g/mol. The molecular weight excluding hydrogens is 240 g/mol. The van der Waals surface area contributed by atoms with Crippen molar-refractivity contribution in [3.05, 3.63) is 35.4 Å². The summed E-state index contributed by atoms with van der Waals surface area (Å²) in [4.78, 5) is 12.4. The second-order valence-electron chi connectivity index (χ2n) is 4.69. The molecule has 0 bridgehead atoms. The van der Waals surface area contributed by atoms with Crippen LogP contribution in [0.1, 0.15) is 19.4 Å². The third kappa shape index (κ3) is 4.79. The van der Waals surface area contributed by atoms with Gasteiger partial charge in [0, 0.05) is 24.7 Å². The Kier molecular flexibility index (Phi) is 5.22. The first-order valence-corrected chi connectivity index (χ1v) is 5.76. The fourth-order valence-corrected chi connectivity index (χ4v) is 1.78. The second kappa shape index (κ2) is 6.44. The van der Waals surface area contributed by atoms with Crippen LogP contribution < -0.4 is 0 Å². The third-order valence-electron chi connectivity index (χ3n) is 2.39. The molecule has 0 amide bonds. The lowest BCUT2D eigenvalue weighted by Gasteiger charge is -2.22. The first-order chi connectivity index (χ1) is 8.38. The van der Waals surface area contributed by atoms with E-state index in [4.69, 9.17) is 5.11 Å². The number of hydrogen-bond donors (Lipinski definition) is 1. The van der Waals surface area contributed by atoms with Gasteiger partial charge in [-0.25, -0.2) is 8.78 Å². The topological polar surface area (TPSA) is 40.5 Å². The number of aliphatic carboxylic acids is 1. The summed E-state index contributed by atoms with van der Waals surface area (Å²) in [7, 11) is 0. The molecular formula is C13H17F2NO2. The van der Waals surface area contributed by atoms with E-state index < -0.39 is 17.6 Å². The number of halogens is 2. The Morgan fingerprint density at radius 1 is 1.39 bits per heavy atom. The van der Waals surface area contributed by atoms with Gasteiger partial charge in [-0.05, 0) is 12.0 Å². The van der Waals surface area contributed by atoms with Gasteiger partial charge in [-0.1, -0.05) is 19.9 Å². The smallest absolute Gasteiger partial charge is 0.317 e. The molecule has 100 valence electrons. The van der Waals surface area contributed by atoms with Crippen LogP contribution in [0.15, 0.2) is 18.2 Å². The maximum absolute atomic E-state index is 13.5. The predicted molar refractivity (Wildman–Crippen MR) is 64.1 cm³/mol. The summed E-state index contributed by atoms with van der Waals surface area (Å²) < 4.78 is 26.2. The van der Waals surface area contributed by atoms with E-state index in [-0.39, 0.29) is 19.0 Å². The van der Waals surface area contributed by atoms with E-state index in [1.54, 1.807) is 4.90 Å². The van der Waals surface area contributed by atoms with E-state index in [9.17, 15) is 13.6 Å². The first kappa shape index (κ1) is 14.6. The number of carboxylic acids is 1. The van der Waals surface area contributed by atoms with Gasteiger partial charge in [0.1, 0.15) is 11.6 Å². The highest BCUT2D eigenvalue weighted by atomic mass is 19.1. The van der Waals surface area contributed by atoms with Crippen LogP contribution in [-0.4, -0.2) is 29.1 Å². The van der Waals surface area contributed by atoms with Gasteiger partial charge in [-0.3, -0.25) is 9.69 Å². The van der Waals surface area contributed by atoms with Gasteiger partial charge >= 0.3 is 5.97 Å². The van der Waals surface area contributed by atoms with Gasteiger partial charge in [0.25, 0.3) is 0 Å². The van der Waals surface area contributed by atoms with E-state index >= 15 is 0 Å². The molecule has 0 atom stereocenters. The molecule has 0 aromatic heterocycles. The summed E-state index contributed by atoms with van der Waals surface area (Å²) in [5, 5.41) is 8.79. The first-order valence-electron chi connectivity index (χ1n) is 5.76. The van der Waals surface area contributed by atoms with Crippen LogP contribution in [-0.2, 0) is 11.3 Å². The number of carbonyl (C=O) groups is 1. The molecule has 0 heterocycles. The highest BCUT2D eigenvalue weighted by molar-refractivity contribution is 5.69. The van der Waals surface area contributed by atoms with Crippen LogP contribution in [0.25, 0.3) is 0 Å². The van der Waals surface area contributed by atoms with Crippen LogP contribution in [0.3, 0.4) is 0 Å². The van der Waals surface area contributed by atoms with Crippen molar-refractivity contribution >= 4 is 5.97 Å². The van der Waals surface area contributed by atoms with E-state index in [0.29, 0.717) is 12.1 Å². The zero-order chi connectivity index (χ0) is 13.7. The molecule has 5 heteroatoms. The monoisotopic (exact) mass is 257 g/mol. The number of nitrogens with zero attached hydrogens (tertiary/aromatic N) is 1. The fraction of sp³-hybridized carbons (Fsp3) is 0.462. The Balaban J connectivity index is 2.78. The maximum Gasteiger partial charge on any atom is 0.317 e.